The van der Waals surface area contributed by atoms with E-state index < -0.39 is 22.5 Å². The van der Waals surface area contributed by atoms with E-state index in [2.05, 4.69) is 10.5 Å². The number of nitrogens with one attached hydrogen (secondary N) is 1. The maximum Gasteiger partial charge on any atom is 0.264 e. The minimum absolute atomic E-state index is 0.0342. The summed E-state index contributed by atoms with van der Waals surface area (Å²) in [5.74, 6) is -0.0668. The summed E-state index contributed by atoms with van der Waals surface area (Å²) >= 11 is 6.16. The second-order valence-corrected chi connectivity index (χ2v) is 10.8. The number of amides is 1. The first-order valence-corrected chi connectivity index (χ1v) is 13.5. The van der Waals surface area contributed by atoms with Gasteiger partial charge in [0.1, 0.15) is 12.3 Å². The van der Waals surface area contributed by atoms with E-state index in [9.17, 15) is 13.2 Å². The lowest BCUT2D eigenvalue weighted by Gasteiger charge is -2.23. The average molecular weight is 551 g/mol. The first kappa shape index (κ1) is 27.0. The molecular weight excluding hydrogens is 524 g/mol. The zero-order chi connectivity index (χ0) is 27.3. The lowest BCUT2D eigenvalue weighted by atomic mass is 10.2. The van der Waals surface area contributed by atoms with Crippen molar-refractivity contribution < 1.29 is 17.9 Å². The molecule has 0 radical (unpaired) electrons. The third-order valence-corrected chi connectivity index (χ3v) is 7.93. The SMILES string of the molecule is COc1ccc(S(=O)(=O)N(CC(=O)N/N=C\c2cc(C)n(-c3cccc(Cl)c3)c2C)c2ccccc2)cc1. The number of anilines is 1. The van der Waals surface area contributed by atoms with Crippen molar-refractivity contribution >= 4 is 39.4 Å². The monoisotopic (exact) mass is 550 g/mol. The van der Waals surface area contributed by atoms with Crippen LogP contribution in [0.4, 0.5) is 5.69 Å². The van der Waals surface area contributed by atoms with E-state index >= 15 is 0 Å². The van der Waals surface area contributed by atoms with Gasteiger partial charge in [0.25, 0.3) is 15.9 Å². The van der Waals surface area contributed by atoms with Crippen molar-refractivity contribution in [2.45, 2.75) is 18.7 Å². The number of nitrogens with zero attached hydrogens (tertiary/aromatic N) is 3. The summed E-state index contributed by atoms with van der Waals surface area (Å²) in [4.78, 5) is 12.9. The van der Waals surface area contributed by atoms with E-state index in [-0.39, 0.29) is 4.90 Å². The normalized spacial score (nSPS) is 11.5. The number of halogens is 1. The molecule has 1 aromatic heterocycles. The second-order valence-electron chi connectivity index (χ2n) is 8.46. The molecule has 1 amide bonds. The molecule has 3 aromatic carbocycles. The lowest BCUT2D eigenvalue weighted by molar-refractivity contribution is -0.119. The number of para-hydroxylation sites is 1. The van der Waals surface area contributed by atoms with Gasteiger partial charge in [0.15, 0.2) is 0 Å². The molecule has 4 rings (SSSR count). The van der Waals surface area contributed by atoms with Crippen molar-refractivity contribution in [2.75, 3.05) is 18.0 Å². The lowest BCUT2D eigenvalue weighted by Crippen LogP contribution is -2.39. The van der Waals surface area contributed by atoms with Gasteiger partial charge in [0, 0.05) is 27.7 Å². The van der Waals surface area contributed by atoms with Crippen molar-refractivity contribution in [3.63, 3.8) is 0 Å². The smallest absolute Gasteiger partial charge is 0.264 e. The second kappa shape index (κ2) is 11.5. The summed E-state index contributed by atoms with van der Waals surface area (Å²) in [6.07, 6.45) is 1.53. The van der Waals surface area contributed by atoms with Crippen LogP contribution in [0.3, 0.4) is 0 Å². The van der Waals surface area contributed by atoms with Gasteiger partial charge in [-0.15, -0.1) is 0 Å². The topological polar surface area (TPSA) is 93.0 Å². The molecule has 0 atom stereocenters. The Morgan fingerprint density at radius 2 is 1.74 bits per heavy atom. The van der Waals surface area contributed by atoms with Crippen LogP contribution in [0.25, 0.3) is 5.69 Å². The zero-order valence-electron chi connectivity index (χ0n) is 21.1. The van der Waals surface area contributed by atoms with E-state index in [1.54, 1.807) is 42.5 Å². The number of rotatable bonds is 9. The Labute approximate surface area is 227 Å². The molecule has 0 spiro atoms. The third-order valence-electron chi connectivity index (χ3n) is 5.91. The Kier molecular flexibility index (Phi) is 8.19. The molecule has 8 nitrogen and oxygen atoms in total. The van der Waals surface area contributed by atoms with E-state index in [4.69, 9.17) is 16.3 Å². The van der Waals surface area contributed by atoms with Gasteiger partial charge in [0.2, 0.25) is 0 Å². The minimum atomic E-state index is -4.04. The predicted octanol–water partition coefficient (Wildman–Crippen LogP) is 5.10. The van der Waals surface area contributed by atoms with Crippen LogP contribution in [0.2, 0.25) is 5.02 Å². The third kappa shape index (κ3) is 5.90. The van der Waals surface area contributed by atoms with Gasteiger partial charge in [-0.25, -0.2) is 13.8 Å². The number of ether oxygens (including phenoxy) is 1. The first-order valence-electron chi connectivity index (χ1n) is 11.7. The number of hydrazone groups is 1. The van der Waals surface area contributed by atoms with Crippen LogP contribution in [-0.2, 0) is 14.8 Å². The van der Waals surface area contributed by atoms with Crippen LogP contribution in [0.5, 0.6) is 5.75 Å². The number of sulfonamides is 1. The fourth-order valence-electron chi connectivity index (χ4n) is 4.05. The highest BCUT2D eigenvalue weighted by atomic mass is 35.5. The first-order chi connectivity index (χ1) is 18.2. The highest BCUT2D eigenvalue weighted by molar-refractivity contribution is 7.92. The van der Waals surface area contributed by atoms with E-state index in [1.165, 1.54) is 25.5 Å². The van der Waals surface area contributed by atoms with Crippen molar-refractivity contribution in [2.24, 2.45) is 5.10 Å². The molecule has 0 bridgehead atoms. The molecule has 1 N–H and O–H groups in total. The fourth-order valence-corrected chi connectivity index (χ4v) is 5.66. The molecule has 4 aromatic rings. The van der Waals surface area contributed by atoms with Crippen LogP contribution >= 0.6 is 11.6 Å². The Morgan fingerprint density at radius 3 is 2.39 bits per heavy atom. The number of methoxy groups -OCH3 is 1. The Bertz CT molecular complexity index is 1570. The fraction of sp³-hybridized carbons (Fsp3) is 0.143. The van der Waals surface area contributed by atoms with Gasteiger partial charge >= 0.3 is 0 Å². The van der Waals surface area contributed by atoms with E-state index in [1.807, 2.05) is 48.7 Å². The number of benzene rings is 3. The Balaban J connectivity index is 1.53. The van der Waals surface area contributed by atoms with E-state index in [0.717, 1.165) is 26.9 Å². The zero-order valence-corrected chi connectivity index (χ0v) is 22.7. The average Bonchev–Trinajstić information content (AvgIpc) is 3.20. The molecule has 0 saturated heterocycles. The van der Waals surface area contributed by atoms with Gasteiger partial charge in [-0.05, 0) is 74.5 Å². The predicted molar refractivity (Wildman–Crippen MR) is 150 cm³/mol. The maximum atomic E-state index is 13.5. The highest BCUT2D eigenvalue weighted by Gasteiger charge is 2.27. The molecule has 38 heavy (non-hydrogen) atoms. The number of carbonyl (C=O) groups excluding carboxylic acids is 1. The largest absolute Gasteiger partial charge is 0.497 e. The summed E-state index contributed by atoms with van der Waals surface area (Å²) in [5, 5.41) is 4.72. The summed E-state index contributed by atoms with van der Waals surface area (Å²) in [7, 11) is -2.54. The summed E-state index contributed by atoms with van der Waals surface area (Å²) in [5.41, 5.74) is 6.40. The number of aromatic nitrogens is 1. The quantitative estimate of drug-likeness (QED) is 0.232. The van der Waals surface area contributed by atoms with Crippen LogP contribution < -0.4 is 14.5 Å². The van der Waals surface area contributed by atoms with Crippen molar-refractivity contribution in [1.29, 1.82) is 0 Å². The molecule has 0 aliphatic rings. The number of aryl methyl sites for hydroxylation is 1. The molecule has 196 valence electrons. The van der Waals surface area contributed by atoms with Crippen LogP contribution in [0, 0.1) is 13.8 Å². The Hall–Kier alpha value is -4.08. The summed E-state index contributed by atoms with van der Waals surface area (Å²) in [6, 6.07) is 23.9. The van der Waals surface area contributed by atoms with Gasteiger partial charge in [-0.2, -0.15) is 5.10 Å². The molecule has 0 fully saturated rings. The van der Waals surface area contributed by atoms with Crippen molar-refractivity contribution in [1.82, 2.24) is 9.99 Å². The summed E-state index contributed by atoms with van der Waals surface area (Å²) < 4.78 is 35.1. The standard InChI is InChI=1S/C28H27ClN4O4S/c1-20-16-22(21(2)33(20)25-11-7-8-23(29)17-25)18-30-31-28(34)19-32(24-9-5-4-6-10-24)38(35,36)27-14-12-26(37-3)13-15-27/h4-18H,19H2,1-3H3,(H,31,34)/b30-18-. The van der Waals surface area contributed by atoms with Gasteiger partial charge in [0.05, 0.1) is 23.9 Å². The molecule has 0 aliphatic heterocycles. The molecule has 1 heterocycles. The van der Waals surface area contributed by atoms with Crippen LogP contribution in [0.1, 0.15) is 17.0 Å². The maximum absolute atomic E-state index is 13.5. The van der Waals surface area contributed by atoms with Gasteiger partial charge in [-0.3, -0.25) is 9.10 Å². The number of hydrogen-bond donors (Lipinski definition) is 1. The molecule has 0 aliphatic carbocycles. The molecule has 0 saturated carbocycles. The molecule has 10 heteroatoms. The molecular formula is C28H27ClN4O4S. The van der Waals surface area contributed by atoms with Gasteiger partial charge < -0.3 is 9.30 Å². The van der Waals surface area contributed by atoms with Gasteiger partial charge in [-0.1, -0.05) is 35.9 Å². The Morgan fingerprint density at radius 1 is 1.03 bits per heavy atom. The van der Waals surface area contributed by atoms with Crippen molar-refractivity contribution in [3.05, 3.63) is 107 Å². The minimum Gasteiger partial charge on any atom is -0.497 e. The number of carbonyl (C=O) groups is 1. The van der Waals surface area contributed by atoms with Crippen LogP contribution in [0.15, 0.2) is 94.9 Å². The highest BCUT2D eigenvalue weighted by Crippen LogP contribution is 2.25. The van der Waals surface area contributed by atoms with E-state index in [0.29, 0.717) is 16.5 Å². The number of hydrogen-bond acceptors (Lipinski definition) is 5. The molecule has 0 unspecified atom stereocenters. The van der Waals surface area contributed by atoms with Crippen LogP contribution in [-0.4, -0.2) is 38.8 Å². The van der Waals surface area contributed by atoms with Crippen molar-refractivity contribution in [3.8, 4) is 11.4 Å². The summed E-state index contributed by atoms with van der Waals surface area (Å²) in [6.45, 7) is 3.44.